The third kappa shape index (κ3) is 4.29. The third-order valence-corrected chi connectivity index (χ3v) is 5.04. The number of ether oxygens (including phenoxy) is 2. The van der Waals surface area contributed by atoms with E-state index >= 15 is 0 Å². The van der Waals surface area contributed by atoms with Crippen LogP contribution in [0.3, 0.4) is 0 Å². The van der Waals surface area contributed by atoms with Crippen molar-refractivity contribution >= 4 is 0 Å². The molecule has 1 aliphatic heterocycles. The highest BCUT2D eigenvalue weighted by molar-refractivity contribution is 5.56. The third-order valence-electron chi connectivity index (χ3n) is 5.04. The number of aromatic nitrogens is 5. The Labute approximate surface area is 179 Å². The predicted octanol–water partition coefficient (Wildman–Crippen LogP) is 4.79. The lowest BCUT2D eigenvalue weighted by atomic mass is 10.2. The van der Waals surface area contributed by atoms with Crippen LogP contribution < -0.4 is 4.74 Å². The van der Waals surface area contributed by atoms with E-state index in [4.69, 9.17) is 14.0 Å². The maximum absolute atomic E-state index is 6.01. The monoisotopic (exact) mass is 415 g/mol. The van der Waals surface area contributed by atoms with E-state index in [9.17, 15) is 0 Å². The number of rotatable bonds is 6. The molecule has 31 heavy (non-hydrogen) atoms. The second kappa shape index (κ2) is 8.61. The summed E-state index contributed by atoms with van der Waals surface area (Å²) in [7, 11) is 0. The van der Waals surface area contributed by atoms with E-state index < -0.39 is 0 Å². The van der Waals surface area contributed by atoms with Crippen LogP contribution in [0.1, 0.15) is 37.5 Å². The quantitative estimate of drug-likeness (QED) is 0.443. The van der Waals surface area contributed by atoms with Crippen molar-refractivity contribution in [3.8, 4) is 34.4 Å². The molecule has 0 N–H and O–H groups in total. The van der Waals surface area contributed by atoms with Crippen LogP contribution >= 0.6 is 0 Å². The number of benzene rings is 1. The fraction of sp³-hybridized carbons (Fsp3) is 0.261. The molecule has 0 bridgehead atoms. The molecule has 0 radical (unpaired) electrons. The average Bonchev–Trinajstić information content (AvgIpc) is 3.52. The van der Waals surface area contributed by atoms with Gasteiger partial charge in [-0.3, -0.25) is 4.98 Å². The topological polar surface area (TPSA) is 96.1 Å². The van der Waals surface area contributed by atoms with Gasteiger partial charge >= 0.3 is 0 Å². The van der Waals surface area contributed by atoms with Gasteiger partial charge in [0.2, 0.25) is 11.7 Å². The lowest BCUT2D eigenvalue weighted by molar-refractivity contribution is 0.0835. The molecular weight excluding hydrogens is 394 g/mol. The Hall–Kier alpha value is -3.65. The van der Waals surface area contributed by atoms with Crippen molar-refractivity contribution in [2.45, 2.75) is 32.3 Å². The van der Waals surface area contributed by atoms with Gasteiger partial charge in [0.05, 0.1) is 0 Å². The fourth-order valence-corrected chi connectivity index (χ4v) is 3.38. The summed E-state index contributed by atoms with van der Waals surface area (Å²) < 4.78 is 17.0. The van der Waals surface area contributed by atoms with Crippen LogP contribution in [0.15, 0.2) is 59.4 Å². The van der Waals surface area contributed by atoms with Crippen molar-refractivity contribution < 1.29 is 14.0 Å². The van der Waals surface area contributed by atoms with Gasteiger partial charge in [-0.25, -0.2) is 4.98 Å². The molecule has 0 aliphatic carbocycles. The Morgan fingerprint density at radius 3 is 2.52 bits per heavy atom. The first-order valence-electron chi connectivity index (χ1n) is 10.3. The Kier molecular flexibility index (Phi) is 5.37. The molecule has 4 aromatic rings. The van der Waals surface area contributed by atoms with E-state index in [1.807, 2.05) is 49.4 Å². The minimum atomic E-state index is -0.0935. The van der Waals surface area contributed by atoms with Crippen LogP contribution in [-0.4, -0.2) is 31.7 Å². The maximum atomic E-state index is 6.01. The van der Waals surface area contributed by atoms with Crippen molar-refractivity contribution in [3.63, 3.8) is 0 Å². The zero-order chi connectivity index (χ0) is 21.0. The van der Waals surface area contributed by atoms with Crippen molar-refractivity contribution in [1.29, 1.82) is 0 Å². The first-order valence-corrected chi connectivity index (χ1v) is 10.3. The molecule has 1 saturated heterocycles. The molecule has 1 atom stereocenters. The summed E-state index contributed by atoms with van der Waals surface area (Å²) in [5.74, 6) is 2.83. The standard InChI is InChI=1S/C23H21N5O3/c1-2-17-14-20(26-21(25-17)16-9-11-24-12-10-16)30-18-7-5-15(6-8-18)22-27-23(31-28-22)19-4-3-13-29-19/h5-12,14,19H,2-4,13H2,1H3. The van der Waals surface area contributed by atoms with Crippen molar-refractivity contribution in [1.82, 2.24) is 25.1 Å². The molecule has 8 nitrogen and oxygen atoms in total. The van der Waals surface area contributed by atoms with E-state index in [-0.39, 0.29) is 6.10 Å². The molecule has 156 valence electrons. The Bertz CT molecular complexity index is 1160. The average molecular weight is 415 g/mol. The van der Waals surface area contributed by atoms with E-state index in [1.165, 1.54) is 0 Å². The van der Waals surface area contributed by atoms with Gasteiger partial charge in [-0.1, -0.05) is 12.1 Å². The lowest BCUT2D eigenvalue weighted by Gasteiger charge is -2.09. The van der Waals surface area contributed by atoms with Gasteiger partial charge in [0, 0.05) is 41.9 Å². The van der Waals surface area contributed by atoms with Crippen LogP contribution in [-0.2, 0) is 11.2 Å². The van der Waals surface area contributed by atoms with E-state index in [0.29, 0.717) is 29.2 Å². The van der Waals surface area contributed by atoms with Crippen LogP contribution in [0.4, 0.5) is 0 Å². The predicted molar refractivity (Wildman–Crippen MR) is 112 cm³/mol. The normalized spacial score (nSPS) is 15.8. The van der Waals surface area contributed by atoms with E-state index in [1.54, 1.807) is 12.4 Å². The molecule has 1 aliphatic rings. The molecule has 4 heterocycles. The van der Waals surface area contributed by atoms with Gasteiger partial charge in [0.1, 0.15) is 11.9 Å². The Morgan fingerprint density at radius 1 is 0.968 bits per heavy atom. The minimum Gasteiger partial charge on any atom is -0.439 e. The molecule has 1 fully saturated rings. The second-order valence-corrected chi connectivity index (χ2v) is 7.19. The Morgan fingerprint density at radius 2 is 1.77 bits per heavy atom. The lowest BCUT2D eigenvalue weighted by Crippen LogP contribution is -1.98. The maximum Gasteiger partial charge on any atom is 0.256 e. The summed E-state index contributed by atoms with van der Waals surface area (Å²) in [6.45, 7) is 2.78. The smallest absolute Gasteiger partial charge is 0.256 e. The van der Waals surface area contributed by atoms with E-state index in [0.717, 1.165) is 42.7 Å². The number of nitrogens with zero attached hydrogens (tertiary/aromatic N) is 5. The van der Waals surface area contributed by atoms with Gasteiger partial charge in [0.15, 0.2) is 5.82 Å². The fourth-order valence-electron chi connectivity index (χ4n) is 3.38. The largest absolute Gasteiger partial charge is 0.439 e. The summed E-state index contributed by atoms with van der Waals surface area (Å²) in [5, 5.41) is 4.08. The molecule has 1 aromatic carbocycles. The first kappa shape index (κ1) is 19.3. The summed E-state index contributed by atoms with van der Waals surface area (Å²) in [5.41, 5.74) is 2.64. The van der Waals surface area contributed by atoms with Crippen molar-refractivity contribution in [3.05, 3.63) is 66.4 Å². The zero-order valence-corrected chi connectivity index (χ0v) is 17.1. The SMILES string of the molecule is CCc1cc(Oc2ccc(-c3noc(C4CCCO4)n3)cc2)nc(-c2ccncc2)n1. The molecule has 0 amide bonds. The summed E-state index contributed by atoms with van der Waals surface area (Å²) in [6.07, 6.45) is 6.05. The summed E-state index contributed by atoms with van der Waals surface area (Å²) in [6, 6.07) is 13.1. The number of aryl methyl sites for hydroxylation is 1. The van der Waals surface area contributed by atoms with Crippen LogP contribution in [0, 0.1) is 0 Å². The highest BCUT2D eigenvalue weighted by Crippen LogP contribution is 2.30. The van der Waals surface area contributed by atoms with Gasteiger partial charge < -0.3 is 14.0 Å². The number of hydrogen-bond donors (Lipinski definition) is 0. The van der Waals surface area contributed by atoms with Crippen LogP contribution in [0.25, 0.3) is 22.8 Å². The summed E-state index contributed by atoms with van der Waals surface area (Å²) in [4.78, 5) is 17.7. The van der Waals surface area contributed by atoms with Gasteiger partial charge in [-0.2, -0.15) is 9.97 Å². The molecular formula is C23H21N5O3. The van der Waals surface area contributed by atoms with Gasteiger partial charge in [-0.05, 0) is 55.7 Å². The Balaban J connectivity index is 1.35. The molecule has 8 heteroatoms. The van der Waals surface area contributed by atoms with Crippen LogP contribution in [0.5, 0.6) is 11.6 Å². The molecule has 5 rings (SSSR count). The van der Waals surface area contributed by atoms with E-state index in [2.05, 4.69) is 25.1 Å². The first-order chi connectivity index (χ1) is 15.3. The molecule has 0 spiro atoms. The molecule has 0 saturated carbocycles. The number of hydrogen-bond acceptors (Lipinski definition) is 8. The highest BCUT2D eigenvalue weighted by atomic mass is 16.5. The van der Waals surface area contributed by atoms with Crippen molar-refractivity contribution in [2.75, 3.05) is 6.61 Å². The van der Waals surface area contributed by atoms with Crippen LogP contribution in [0.2, 0.25) is 0 Å². The minimum absolute atomic E-state index is 0.0935. The second-order valence-electron chi connectivity index (χ2n) is 7.19. The summed E-state index contributed by atoms with van der Waals surface area (Å²) >= 11 is 0. The number of pyridine rings is 1. The van der Waals surface area contributed by atoms with Gasteiger partial charge in [-0.15, -0.1) is 0 Å². The highest BCUT2D eigenvalue weighted by Gasteiger charge is 2.24. The molecule has 3 aromatic heterocycles. The zero-order valence-electron chi connectivity index (χ0n) is 17.1. The van der Waals surface area contributed by atoms with Gasteiger partial charge in [0.25, 0.3) is 5.89 Å². The molecule has 1 unspecified atom stereocenters. The van der Waals surface area contributed by atoms with Crippen molar-refractivity contribution in [2.24, 2.45) is 0 Å².